The number of aryl methyl sites for hydroxylation is 3. The van der Waals surface area contributed by atoms with Gasteiger partial charge in [-0.25, -0.2) is 9.50 Å². The number of rotatable bonds is 3. The highest BCUT2D eigenvalue weighted by Crippen LogP contribution is 2.22. The second-order valence-corrected chi connectivity index (χ2v) is 5.48. The molecule has 9 heteroatoms. The van der Waals surface area contributed by atoms with Crippen molar-refractivity contribution in [3.63, 3.8) is 0 Å². The molecule has 1 N–H and O–H groups in total. The quantitative estimate of drug-likeness (QED) is 0.929. The van der Waals surface area contributed by atoms with Crippen LogP contribution < -0.4 is 0 Å². The number of nitrogens with zero attached hydrogens (tertiary/aromatic N) is 4. The Kier molecular flexibility index (Phi) is 4.34. The van der Waals surface area contributed by atoms with Crippen LogP contribution in [0.15, 0.2) is 6.07 Å². The Morgan fingerprint density at radius 1 is 1.39 bits per heavy atom. The molecule has 0 radical (unpaired) electrons. The van der Waals surface area contributed by atoms with Crippen molar-refractivity contribution >= 4 is 11.6 Å². The molecule has 2 aromatic heterocycles. The van der Waals surface area contributed by atoms with Gasteiger partial charge in [0.25, 0.3) is 5.91 Å². The number of aliphatic hydroxyl groups excluding tert-OH is 1. The Morgan fingerprint density at radius 3 is 2.57 bits per heavy atom. The fourth-order valence-electron chi connectivity index (χ4n) is 2.31. The molecule has 0 aromatic carbocycles. The summed E-state index contributed by atoms with van der Waals surface area (Å²) < 4.78 is 38.8. The molecular weight excluding hydrogens is 313 g/mol. The number of aliphatic hydroxyl groups is 1. The smallest absolute Gasteiger partial charge is 0.382 e. The third-order valence-corrected chi connectivity index (χ3v) is 3.46. The van der Waals surface area contributed by atoms with Crippen molar-refractivity contribution in [2.24, 2.45) is 0 Å². The van der Waals surface area contributed by atoms with Crippen molar-refractivity contribution in [2.45, 2.75) is 33.1 Å². The highest BCUT2D eigenvalue weighted by molar-refractivity contribution is 6.01. The molecule has 0 bridgehead atoms. The van der Waals surface area contributed by atoms with E-state index < -0.39 is 24.7 Å². The molecule has 0 spiro atoms. The van der Waals surface area contributed by atoms with Gasteiger partial charge in [0.15, 0.2) is 11.8 Å². The van der Waals surface area contributed by atoms with E-state index in [4.69, 9.17) is 5.11 Å². The summed E-state index contributed by atoms with van der Waals surface area (Å²) in [4.78, 5) is 17.6. The van der Waals surface area contributed by atoms with Gasteiger partial charge in [-0.3, -0.25) is 4.79 Å². The van der Waals surface area contributed by atoms with Crippen LogP contribution in [-0.4, -0.2) is 56.4 Å². The van der Waals surface area contributed by atoms with Crippen LogP contribution in [0.3, 0.4) is 0 Å². The first-order chi connectivity index (χ1) is 10.5. The van der Waals surface area contributed by atoms with E-state index >= 15 is 0 Å². The maximum atomic E-state index is 12.5. The van der Waals surface area contributed by atoms with E-state index in [1.54, 1.807) is 26.8 Å². The molecule has 2 aromatic rings. The zero-order valence-corrected chi connectivity index (χ0v) is 13.1. The predicted molar refractivity (Wildman–Crippen MR) is 76.2 cm³/mol. The SMILES string of the molecule is Cc1cc(C)n2nc(C)c(C(=O)N(C)CC(O)C(F)(F)F)c2n1. The average molecular weight is 330 g/mol. The lowest BCUT2D eigenvalue weighted by molar-refractivity contribution is -0.205. The van der Waals surface area contributed by atoms with Crippen LogP contribution in [-0.2, 0) is 0 Å². The standard InChI is InChI=1S/C14H17F3N4O2/c1-7-5-8(2)21-12(18-7)11(9(3)19-21)13(23)20(4)6-10(22)14(15,16)17/h5,10,22H,6H2,1-4H3. The van der Waals surface area contributed by atoms with Gasteiger partial charge in [0.1, 0.15) is 5.56 Å². The molecule has 6 nitrogen and oxygen atoms in total. The van der Waals surface area contributed by atoms with Crippen LogP contribution in [0.5, 0.6) is 0 Å². The Morgan fingerprint density at radius 2 is 2.00 bits per heavy atom. The predicted octanol–water partition coefficient (Wildman–Crippen LogP) is 1.65. The zero-order chi connectivity index (χ0) is 17.5. The molecular formula is C14H17F3N4O2. The van der Waals surface area contributed by atoms with E-state index in [2.05, 4.69) is 10.1 Å². The average Bonchev–Trinajstić information content (AvgIpc) is 2.73. The third kappa shape index (κ3) is 3.29. The number of amides is 1. The zero-order valence-electron chi connectivity index (χ0n) is 13.1. The first-order valence-corrected chi connectivity index (χ1v) is 6.86. The van der Waals surface area contributed by atoms with Crippen molar-refractivity contribution in [3.8, 4) is 0 Å². The molecule has 1 atom stereocenters. The molecule has 0 aliphatic heterocycles. The summed E-state index contributed by atoms with van der Waals surface area (Å²) in [6.45, 7) is 4.27. The molecule has 1 unspecified atom stereocenters. The monoisotopic (exact) mass is 330 g/mol. The number of carbonyl (C=O) groups is 1. The Labute approximate surface area is 130 Å². The summed E-state index contributed by atoms with van der Waals surface area (Å²) >= 11 is 0. The summed E-state index contributed by atoms with van der Waals surface area (Å²) in [6, 6.07) is 1.78. The van der Waals surface area contributed by atoms with Gasteiger partial charge in [-0.1, -0.05) is 0 Å². The fourth-order valence-corrected chi connectivity index (χ4v) is 2.31. The minimum absolute atomic E-state index is 0.133. The van der Waals surface area contributed by atoms with Crippen molar-refractivity contribution in [2.75, 3.05) is 13.6 Å². The number of alkyl halides is 3. The number of fused-ring (bicyclic) bond motifs is 1. The first kappa shape index (κ1) is 17.2. The summed E-state index contributed by atoms with van der Waals surface area (Å²) in [6.07, 6.45) is -7.38. The van der Waals surface area contributed by atoms with Gasteiger partial charge in [0.05, 0.1) is 12.2 Å². The number of likely N-dealkylation sites (N-methyl/N-ethyl adjacent to an activating group) is 1. The number of hydrogen-bond donors (Lipinski definition) is 1. The molecule has 0 aliphatic rings. The molecule has 0 fully saturated rings. The second-order valence-electron chi connectivity index (χ2n) is 5.48. The Bertz CT molecular complexity index is 755. The highest BCUT2D eigenvalue weighted by atomic mass is 19.4. The molecule has 2 heterocycles. The maximum absolute atomic E-state index is 12.5. The summed E-state index contributed by atoms with van der Waals surface area (Å²) in [5, 5.41) is 13.3. The van der Waals surface area contributed by atoms with Crippen molar-refractivity contribution < 1.29 is 23.1 Å². The Balaban J connectivity index is 2.40. The van der Waals surface area contributed by atoms with Gasteiger partial charge < -0.3 is 10.0 Å². The van der Waals surface area contributed by atoms with Crippen LogP contribution in [0.25, 0.3) is 5.65 Å². The topological polar surface area (TPSA) is 70.7 Å². The number of carbonyl (C=O) groups excluding carboxylic acids is 1. The van der Waals surface area contributed by atoms with E-state index in [1.807, 2.05) is 0 Å². The molecule has 126 valence electrons. The van der Waals surface area contributed by atoms with Crippen molar-refractivity contribution in [1.29, 1.82) is 0 Å². The summed E-state index contributed by atoms with van der Waals surface area (Å²) in [7, 11) is 1.20. The normalized spacial score (nSPS) is 13.4. The van der Waals surface area contributed by atoms with Crippen LogP contribution >= 0.6 is 0 Å². The second kappa shape index (κ2) is 5.80. The molecule has 1 amide bonds. The number of aromatic nitrogens is 3. The van der Waals surface area contributed by atoms with Crippen LogP contribution in [0.1, 0.15) is 27.4 Å². The van der Waals surface area contributed by atoms with Gasteiger partial charge in [-0.15, -0.1) is 0 Å². The third-order valence-electron chi connectivity index (χ3n) is 3.46. The van der Waals surface area contributed by atoms with Crippen LogP contribution in [0.4, 0.5) is 13.2 Å². The van der Waals surface area contributed by atoms with Gasteiger partial charge in [-0.2, -0.15) is 18.3 Å². The summed E-state index contributed by atoms with van der Waals surface area (Å²) in [5.41, 5.74) is 2.21. The summed E-state index contributed by atoms with van der Waals surface area (Å²) in [5.74, 6) is -0.668. The molecule has 0 aliphatic carbocycles. The van der Waals surface area contributed by atoms with E-state index in [9.17, 15) is 18.0 Å². The van der Waals surface area contributed by atoms with Gasteiger partial charge in [-0.05, 0) is 26.8 Å². The van der Waals surface area contributed by atoms with E-state index in [1.165, 1.54) is 11.6 Å². The lowest BCUT2D eigenvalue weighted by Gasteiger charge is -2.22. The molecule has 0 saturated carbocycles. The van der Waals surface area contributed by atoms with Gasteiger partial charge in [0.2, 0.25) is 0 Å². The van der Waals surface area contributed by atoms with Crippen LogP contribution in [0.2, 0.25) is 0 Å². The van der Waals surface area contributed by atoms with Gasteiger partial charge in [0, 0.05) is 18.4 Å². The van der Waals surface area contributed by atoms with E-state index in [0.717, 1.165) is 10.6 Å². The lowest BCUT2D eigenvalue weighted by Crippen LogP contribution is -2.42. The van der Waals surface area contributed by atoms with Crippen LogP contribution in [0, 0.1) is 20.8 Å². The minimum atomic E-state index is -4.78. The molecule has 23 heavy (non-hydrogen) atoms. The largest absolute Gasteiger partial charge is 0.416 e. The van der Waals surface area contributed by atoms with Gasteiger partial charge >= 0.3 is 6.18 Å². The minimum Gasteiger partial charge on any atom is -0.382 e. The molecule has 0 saturated heterocycles. The molecule has 2 rings (SSSR count). The van der Waals surface area contributed by atoms with Crippen molar-refractivity contribution in [3.05, 3.63) is 28.7 Å². The number of halogens is 3. The fraction of sp³-hybridized carbons (Fsp3) is 0.500. The van der Waals surface area contributed by atoms with E-state index in [-0.39, 0.29) is 5.56 Å². The maximum Gasteiger partial charge on any atom is 0.416 e. The Hall–Kier alpha value is -2.16. The van der Waals surface area contributed by atoms with E-state index in [0.29, 0.717) is 17.0 Å². The van der Waals surface area contributed by atoms with Crippen molar-refractivity contribution in [1.82, 2.24) is 19.5 Å². The highest BCUT2D eigenvalue weighted by Gasteiger charge is 2.39. The first-order valence-electron chi connectivity index (χ1n) is 6.86. The number of hydrogen-bond acceptors (Lipinski definition) is 4. The lowest BCUT2D eigenvalue weighted by atomic mass is 10.2.